The third-order valence-corrected chi connectivity index (χ3v) is 9.21. The summed E-state index contributed by atoms with van der Waals surface area (Å²) < 4.78 is 66.5. The van der Waals surface area contributed by atoms with Crippen LogP contribution in [0.2, 0.25) is 0 Å². The fourth-order valence-corrected chi connectivity index (χ4v) is 6.45. The molecule has 3 heterocycles. The smallest absolute Gasteiger partial charge is 0.343 e. The van der Waals surface area contributed by atoms with Gasteiger partial charge in [0.1, 0.15) is 5.39 Å². The van der Waals surface area contributed by atoms with Crippen molar-refractivity contribution in [3.05, 3.63) is 54.4 Å². The number of fused-ring (bicyclic) bond motifs is 3. The molecule has 0 unspecified atom stereocenters. The molecule has 1 saturated heterocycles. The highest BCUT2D eigenvalue weighted by Crippen LogP contribution is 2.35. The Labute approximate surface area is 227 Å². The number of sulfonamides is 1. The first kappa shape index (κ1) is 25.6. The molecule has 2 aliphatic rings. The number of nitrogens with one attached hydrogen (secondary N) is 4. The number of anilines is 3. The lowest BCUT2D eigenvalue weighted by atomic mass is 10.1. The molecule has 1 saturated carbocycles. The van der Waals surface area contributed by atoms with Crippen molar-refractivity contribution in [2.45, 2.75) is 24.3 Å². The molecular formula is C25H25F3N7O2S2+. The van der Waals surface area contributed by atoms with Gasteiger partial charge in [-0.2, -0.15) is 13.2 Å². The fraction of sp³-hybridized carbons (Fsp3) is 0.320. The Hall–Kier alpha value is -3.65. The zero-order valence-electron chi connectivity index (χ0n) is 20.5. The van der Waals surface area contributed by atoms with E-state index in [9.17, 15) is 21.6 Å². The van der Waals surface area contributed by atoms with Gasteiger partial charge < -0.3 is 15.2 Å². The first-order valence-electron chi connectivity index (χ1n) is 12.4. The average molecular weight is 577 g/mol. The minimum atomic E-state index is -4.42. The SMILES string of the molecule is O=S(=O)(Nc1ccc(NC(=S)N2CCN(c3[nH+]cnc4[nH]c5cc(C(F)(F)F)ccc5c34)CC2)cc1)C1CC1. The highest BCUT2D eigenvalue weighted by molar-refractivity contribution is 7.93. The fourth-order valence-electron chi connectivity index (χ4n) is 4.76. The normalized spacial score (nSPS) is 16.6. The van der Waals surface area contributed by atoms with E-state index in [1.165, 1.54) is 12.4 Å². The van der Waals surface area contributed by atoms with Crippen LogP contribution < -0.4 is 19.9 Å². The van der Waals surface area contributed by atoms with Gasteiger partial charge in [0.2, 0.25) is 27.8 Å². The van der Waals surface area contributed by atoms with E-state index in [4.69, 9.17) is 12.2 Å². The number of thiocarbonyl (C=S) groups is 1. The van der Waals surface area contributed by atoms with Crippen LogP contribution in [0, 0.1) is 0 Å². The van der Waals surface area contributed by atoms with Gasteiger partial charge in [-0.05, 0) is 61.5 Å². The number of aromatic nitrogens is 3. The Kier molecular flexibility index (Phi) is 6.25. The maximum atomic E-state index is 13.2. The van der Waals surface area contributed by atoms with Crippen molar-refractivity contribution in [3.8, 4) is 0 Å². The zero-order chi connectivity index (χ0) is 27.4. The number of hydrogen-bond donors (Lipinski definition) is 3. The quantitative estimate of drug-likeness (QED) is 0.309. The molecule has 0 spiro atoms. The van der Waals surface area contributed by atoms with Crippen molar-refractivity contribution in [1.82, 2.24) is 14.9 Å². The molecule has 1 aliphatic heterocycles. The molecule has 4 aromatic rings. The first-order valence-corrected chi connectivity index (χ1v) is 14.4. The number of aromatic amines is 2. The molecule has 6 rings (SSSR count). The van der Waals surface area contributed by atoms with Crippen molar-refractivity contribution >= 4 is 66.5 Å². The van der Waals surface area contributed by atoms with E-state index in [0.29, 0.717) is 66.4 Å². The zero-order valence-corrected chi connectivity index (χ0v) is 22.2. The van der Waals surface area contributed by atoms with Crippen molar-refractivity contribution in [1.29, 1.82) is 0 Å². The second-order valence-corrected chi connectivity index (χ2v) is 12.0. The minimum absolute atomic E-state index is 0.291. The summed E-state index contributed by atoms with van der Waals surface area (Å²) in [5.74, 6) is 0.786. The number of alkyl halides is 3. The van der Waals surface area contributed by atoms with E-state index in [-0.39, 0.29) is 5.25 Å². The lowest BCUT2D eigenvalue weighted by Crippen LogP contribution is -2.51. The number of hydrogen-bond acceptors (Lipinski definition) is 5. The summed E-state index contributed by atoms with van der Waals surface area (Å²) in [5.41, 5.74) is 1.44. The van der Waals surface area contributed by atoms with Gasteiger partial charge in [-0.25, -0.2) is 13.4 Å². The topological polar surface area (TPSA) is 108 Å². The van der Waals surface area contributed by atoms with Crippen LogP contribution in [0.1, 0.15) is 18.4 Å². The highest BCUT2D eigenvalue weighted by atomic mass is 32.2. The van der Waals surface area contributed by atoms with E-state index < -0.39 is 21.8 Å². The summed E-state index contributed by atoms with van der Waals surface area (Å²) in [7, 11) is -3.31. The maximum Gasteiger partial charge on any atom is 0.416 e. The number of piperazine rings is 1. The van der Waals surface area contributed by atoms with E-state index in [1.54, 1.807) is 24.3 Å². The molecule has 2 aromatic carbocycles. The predicted molar refractivity (Wildman–Crippen MR) is 147 cm³/mol. The van der Waals surface area contributed by atoms with Crippen LogP contribution in [-0.2, 0) is 16.2 Å². The number of benzene rings is 2. The molecule has 2 aromatic heterocycles. The Bertz CT molecular complexity index is 1660. The molecule has 4 N–H and O–H groups in total. The van der Waals surface area contributed by atoms with Crippen molar-refractivity contribution < 1.29 is 26.6 Å². The third kappa shape index (κ3) is 5.17. The van der Waals surface area contributed by atoms with Gasteiger partial charge in [-0.15, -0.1) is 0 Å². The van der Waals surface area contributed by atoms with Gasteiger partial charge >= 0.3 is 6.18 Å². The first-order chi connectivity index (χ1) is 18.6. The van der Waals surface area contributed by atoms with Gasteiger partial charge in [0, 0.05) is 22.3 Å². The summed E-state index contributed by atoms with van der Waals surface area (Å²) in [6.07, 6.45) is -1.49. The second kappa shape index (κ2) is 9.52. The number of halogens is 3. The minimum Gasteiger partial charge on any atom is -0.343 e. The van der Waals surface area contributed by atoms with Crippen molar-refractivity contribution in [2.24, 2.45) is 0 Å². The molecule has 1 aliphatic carbocycles. The number of nitrogens with zero attached hydrogens (tertiary/aromatic N) is 3. The predicted octanol–water partition coefficient (Wildman–Crippen LogP) is 3.97. The van der Waals surface area contributed by atoms with Crippen LogP contribution in [0.3, 0.4) is 0 Å². The molecule has 14 heteroatoms. The standard InChI is InChI=1S/C25H24F3N7O2S2/c26-25(27,28)15-1-8-19-20(13-15)32-22-21(19)23(30-14-29-22)34-9-11-35(12-10-34)24(38)31-16-2-4-17(5-3-16)33-39(36,37)18-6-7-18/h1-5,8,13-14,18,33H,6-7,9-12H2,(H,31,38)(H,29,30,32)/p+1. The summed E-state index contributed by atoms with van der Waals surface area (Å²) in [4.78, 5) is 14.7. The van der Waals surface area contributed by atoms with E-state index >= 15 is 0 Å². The van der Waals surface area contributed by atoms with Gasteiger partial charge in [0.25, 0.3) is 0 Å². The van der Waals surface area contributed by atoms with Crippen molar-refractivity contribution in [2.75, 3.05) is 41.1 Å². The van der Waals surface area contributed by atoms with Crippen LogP contribution in [0.5, 0.6) is 0 Å². The van der Waals surface area contributed by atoms with Gasteiger partial charge in [0.05, 0.1) is 37.0 Å². The van der Waals surface area contributed by atoms with Crippen LogP contribution >= 0.6 is 12.2 Å². The summed E-state index contributed by atoms with van der Waals surface area (Å²) in [5, 5.41) is 4.88. The lowest BCUT2D eigenvalue weighted by molar-refractivity contribution is -0.367. The number of rotatable bonds is 5. The molecule has 2 fully saturated rings. The lowest BCUT2D eigenvalue weighted by Gasteiger charge is -2.34. The van der Waals surface area contributed by atoms with Gasteiger partial charge in [-0.3, -0.25) is 9.62 Å². The molecule has 204 valence electrons. The number of H-pyrrole nitrogens is 2. The average Bonchev–Trinajstić information content (AvgIpc) is 3.70. The van der Waals surface area contributed by atoms with E-state index in [0.717, 1.165) is 29.0 Å². The van der Waals surface area contributed by atoms with Crippen LogP contribution in [-0.4, -0.2) is 59.8 Å². The summed E-state index contributed by atoms with van der Waals surface area (Å²) in [6, 6.07) is 10.6. The Morgan fingerprint density at radius 1 is 1.05 bits per heavy atom. The molecule has 9 nitrogen and oxygen atoms in total. The largest absolute Gasteiger partial charge is 0.416 e. The Balaban J connectivity index is 1.12. The summed E-state index contributed by atoms with van der Waals surface area (Å²) in [6.45, 7) is 2.52. The molecule has 0 bridgehead atoms. The highest BCUT2D eigenvalue weighted by Gasteiger charge is 2.36. The molecule has 0 radical (unpaired) electrons. The van der Waals surface area contributed by atoms with E-state index in [1.807, 2.05) is 4.90 Å². The molecule has 0 atom stereocenters. The molecule has 39 heavy (non-hydrogen) atoms. The second-order valence-electron chi connectivity index (χ2n) is 9.69. The Morgan fingerprint density at radius 3 is 2.41 bits per heavy atom. The van der Waals surface area contributed by atoms with Crippen LogP contribution in [0.25, 0.3) is 21.9 Å². The maximum absolute atomic E-state index is 13.2. The van der Waals surface area contributed by atoms with Crippen LogP contribution in [0.4, 0.5) is 30.4 Å². The van der Waals surface area contributed by atoms with Crippen molar-refractivity contribution in [3.63, 3.8) is 0 Å². The van der Waals surface area contributed by atoms with Gasteiger partial charge in [-0.1, -0.05) is 11.1 Å². The summed E-state index contributed by atoms with van der Waals surface area (Å²) >= 11 is 5.61. The van der Waals surface area contributed by atoms with Crippen LogP contribution in [0.15, 0.2) is 48.8 Å². The molecule has 0 amide bonds. The Morgan fingerprint density at radius 2 is 1.74 bits per heavy atom. The third-order valence-electron chi connectivity index (χ3n) is 6.98. The van der Waals surface area contributed by atoms with E-state index in [2.05, 4.69) is 29.9 Å². The monoisotopic (exact) mass is 576 g/mol. The molecular weight excluding hydrogens is 551 g/mol. The van der Waals surface area contributed by atoms with Gasteiger partial charge in [0.15, 0.2) is 5.11 Å².